The van der Waals surface area contributed by atoms with E-state index in [9.17, 15) is 9.59 Å². The molecule has 1 rings (SSSR count). The van der Waals surface area contributed by atoms with E-state index in [1.165, 1.54) is 6.92 Å². The molecule has 1 aromatic carbocycles. The zero-order chi connectivity index (χ0) is 16.0. The van der Waals surface area contributed by atoms with Gasteiger partial charge in [-0.05, 0) is 11.6 Å². The van der Waals surface area contributed by atoms with E-state index in [1.54, 1.807) is 11.0 Å². The van der Waals surface area contributed by atoms with Crippen molar-refractivity contribution in [3.8, 4) is 0 Å². The van der Waals surface area contributed by atoms with Crippen LogP contribution in [0.5, 0.6) is 0 Å². The minimum Gasteiger partial charge on any atom is -0.354 e. The minimum absolute atomic E-state index is 0.0243. The second kappa shape index (κ2) is 7.46. The number of rotatable bonds is 5. The van der Waals surface area contributed by atoms with E-state index >= 15 is 0 Å². The summed E-state index contributed by atoms with van der Waals surface area (Å²) in [6, 6.07) is 7.44. The summed E-state index contributed by atoms with van der Waals surface area (Å²) in [4.78, 5) is 25.2. The molecule has 0 heterocycles. The number of hydrogen-bond donors (Lipinski definition) is 1. The summed E-state index contributed by atoms with van der Waals surface area (Å²) < 4.78 is 0. The van der Waals surface area contributed by atoms with Gasteiger partial charge in [0.2, 0.25) is 11.8 Å². The van der Waals surface area contributed by atoms with Crippen molar-refractivity contribution in [1.29, 1.82) is 0 Å². The SMILES string of the molecule is CC(=O)N(CCNC(=O)C(C)(C)C)Cc1ccccc1Cl. The molecule has 21 heavy (non-hydrogen) atoms. The van der Waals surface area contributed by atoms with E-state index in [2.05, 4.69) is 5.32 Å². The Bertz CT molecular complexity index is 509. The van der Waals surface area contributed by atoms with Crippen LogP contribution in [0, 0.1) is 5.41 Å². The lowest BCUT2D eigenvalue weighted by molar-refractivity contribution is -0.131. The molecule has 116 valence electrons. The first kappa shape index (κ1) is 17.5. The number of benzene rings is 1. The first-order valence-electron chi connectivity index (χ1n) is 6.99. The summed E-state index contributed by atoms with van der Waals surface area (Å²) in [7, 11) is 0. The molecule has 0 saturated heterocycles. The summed E-state index contributed by atoms with van der Waals surface area (Å²) in [5, 5.41) is 3.48. The van der Waals surface area contributed by atoms with Gasteiger partial charge in [0, 0.05) is 37.0 Å². The molecule has 0 radical (unpaired) electrons. The van der Waals surface area contributed by atoms with E-state index in [4.69, 9.17) is 11.6 Å². The van der Waals surface area contributed by atoms with Gasteiger partial charge in [0.15, 0.2) is 0 Å². The predicted octanol–water partition coefficient (Wildman–Crippen LogP) is 2.85. The molecule has 0 unspecified atom stereocenters. The Balaban J connectivity index is 2.58. The zero-order valence-corrected chi connectivity index (χ0v) is 13.8. The summed E-state index contributed by atoms with van der Waals surface area (Å²) in [6.45, 7) is 8.42. The van der Waals surface area contributed by atoms with Crippen LogP contribution in [0.2, 0.25) is 5.02 Å². The van der Waals surface area contributed by atoms with Crippen LogP contribution in [0.3, 0.4) is 0 Å². The molecule has 0 bridgehead atoms. The van der Waals surface area contributed by atoms with Gasteiger partial charge in [-0.2, -0.15) is 0 Å². The Morgan fingerprint density at radius 1 is 1.24 bits per heavy atom. The van der Waals surface area contributed by atoms with E-state index in [-0.39, 0.29) is 11.8 Å². The van der Waals surface area contributed by atoms with E-state index in [0.29, 0.717) is 24.7 Å². The van der Waals surface area contributed by atoms with Crippen molar-refractivity contribution in [3.05, 3.63) is 34.9 Å². The maximum Gasteiger partial charge on any atom is 0.225 e. The second-order valence-corrected chi connectivity index (χ2v) is 6.45. The van der Waals surface area contributed by atoms with Crippen LogP contribution in [0.25, 0.3) is 0 Å². The van der Waals surface area contributed by atoms with Crippen molar-refractivity contribution >= 4 is 23.4 Å². The molecule has 1 N–H and O–H groups in total. The van der Waals surface area contributed by atoms with Gasteiger partial charge < -0.3 is 10.2 Å². The van der Waals surface area contributed by atoms with Crippen molar-refractivity contribution in [3.63, 3.8) is 0 Å². The highest BCUT2D eigenvalue weighted by molar-refractivity contribution is 6.31. The van der Waals surface area contributed by atoms with Gasteiger partial charge in [-0.25, -0.2) is 0 Å². The summed E-state index contributed by atoms with van der Waals surface area (Å²) >= 11 is 6.11. The van der Waals surface area contributed by atoms with Crippen LogP contribution in [-0.2, 0) is 16.1 Å². The fraction of sp³-hybridized carbons (Fsp3) is 0.500. The lowest BCUT2D eigenvalue weighted by Crippen LogP contribution is -2.41. The molecule has 0 aliphatic heterocycles. The predicted molar refractivity (Wildman–Crippen MR) is 85.0 cm³/mol. The largest absolute Gasteiger partial charge is 0.354 e. The molecule has 0 fully saturated rings. The van der Waals surface area contributed by atoms with Crippen LogP contribution in [0.4, 0.5) is 0 Å². The van der Waals surface area contributed by atoms with Gasteiger partial charge in [-0.3, -0.25) is 9.59 Å². The Hall–Kier alpha value is -1.55. The first-order chi connectivity index (χ1) is 9.71. The van der Waals surface area contributed by atoms with Crippen molar-refractivity contribution in [2.45, 2.75) is 34.2 Å². The maximum atomic E-state index is 11.8. The number of hydrogen-bond acceptors (Lipinski definition) is 2. The Labute approximate surface area is 131 Å². The van der Waals surface area contributed by atoms with E-state index < -0.39 is 5.41 Å². The van der Waals surface area contributed by atoms with Gasteiger partial charge in [0.1, 0.15) is 0 Å². The molecule has 0 saturated carbocycles. The highest BCUT2D eigenvalue weighted by Crippen LogP contribution is 2.17. The van der Waals surface area contributed by atoms with Crippen LogP contribution >= 0.6 is 11.6 Å². The second-order valence-electron chi connectivity index (χ2n) is 6.04. The molecular formula is C16H23ClN2O2. The molecule has 0 spiro atoms. The average Bonchev–Trinajstić information content (AvgIpc) is 2.38. The normalized spacial score (nSPS) is 11.1. The Morgan fingerprint density at radius 3 is 2.38 bits per heavy atom. The molecular weight excluding hydrogens is 288 g/mol. The van der Waals surface area contributed by atoms with Gasteiger partial charge in [0.25, 0.3) is 0 Å². The standard InChI is InChI=1S/C16H23ClN2O2/c1-12(20)19(10-9-18-15(21)16(2,3)4)11-13-7-5-6-8-14(13)17/h5-8H,9-11H2,1-4H3,(H,18,21). The van der Waals surface area contributed by atoms with E-state index in [0.717, 1.165) is 5.56 Å². The molecule has 5 heteroatoms. The van der Waals surface area contributed by atoms with Crippen LogP contribution in [0.1, 0.15) is 33.3 Å². The van der Waals surface area contributed by atoms with Crippen molar-refractivity contribution < 1.29 is 9.59 Å². The first-order valence-corrected chi connectivity index (χ1v) is 7.37. The lowest BCUT2D eigenvalue weighted by atomic mass is 9.96. The summed E-state index contributed by atoms with van der Waals surface area (Å²) in [6.07, 6.45) is 0. The quantitative estimate of drug-likeness (QED) is 0.909. The number of carbonyl (C=O) groups is 2. The fourth-order valence-electron chi connectivity index (χ4n) is 1.75. The molecule has 1 aromatic rings. The minimum atomic E-state index is -0.427. The van der Waals surface area contributed by atoms with Gasteiger partial charge >= 0.3 is 0 Å². The summed E-state index contributed by atoms with van der Waals surface area (Å²) in [5.74, 6) is -0.0660. The third-order valence-corrected chi connectivity index (χ3v) is 3.48. The molecule has 0 aliphatic carbocycles. The third kappa shape index (κ3) is 5.76. The van der Waals surface area contributed by atoms with Crippen LogP contribution in [-0.4, -0.2) is 29.8 Å². The van der Waals surface area contributed by atoms with Crippen molar-refractivity contribution in [1.82, 2.24) is 10.2 Å². The molecule has 2 amide bonds. The number of amides is 2. The third-order valence-electron chi connectivity index (χ3n) is 3.11. The maximum absolute atomic E-state index is 11.8. The fourth-order valence-corrected chi connectivity index (χ4v) is 1.95. The van der Waals surface area contributed by atoms with Crippen LogP contribution < -0.4 is 5.32 Å². The lowest BCUT2D eigenvalue weighted by Gasteiger charge is -2.23. The van der Waals surface area contributed by atoms with Crippen LogP contribution in [0.15, 0.2) is 24.3 Å². The van der Waals surface area contributed by atoms with E-state index in [1.807, 2.05) is 39.0 Å². The molecule has 4 nitrogen and oxygen atoms in total. The van der Waals surface area contributed by atoms with Gasteiger partial charge in [-0.1, -0.05) is 50.6 Å². The van der Waals surface area contributed by atoms with Gasteiger partial charge in [-0.15, -0.1) is 0 Å². The zero-order valence-electron chi connectivity index (χ0n) is 13.1. The number of carbonyl (C=O) groups excluding carboxylic acids is 2. The van der Waals surface area contributed by atoms with Gasteiger partial charge in [0.05, 0.1) is 0 Å². The number of halogens is 1. The highest BCUT2D eigenvalue weighted by Gasteiger charge is 2.21. The highest BCUT2D eigenvalue weighted by atomic mass is 35.5. The monoisotopic (exact) mass is 310 g/mol. The number of nitrogens with zero attached hydrogens (tertiary/aromatic N) is 1. The Morgan fingerprint density at radius 2 is 1.86 bits per heavy atom. The topological polar surface area (TPSA) is 49.4 Å². The Kier molecular flexibility index (Phi) is 6.21. The molecule has 0 atom stereocenters. The summed E-state index contributed by atoms with van der Waals surface area (Å²) in [5.41, 5.74) is 0.473. The molecule has 0 aromatic heterocycles. The number of nitrogens with one attached hydrogen (secondary N) is 1. The van der Waals surface area contributed by atoms with Crippen molar-refractivity contribution in [2.24, 2.45) is 5.41 Å². The smallest absolute Gasteiger partial charge is 0.225 e. The van der Waals surface area contributed by atoms with Crippen molar-refractivity contribution in [2.75, 3.05) is 13.1 Å². The molecule has 0 aliphatic rings. The average molecular weight is 311 g/mol.